The number of rotatable bonds is 2. The van der Waals surface area contributed by atoms with Crippen LogP contribution in [0.2, 0.25) is 0 Å². The summed E-state index contributed by atoms with van der Waals surface area (Å²) in [6.45, 7) is 4.12. The third-order valence-electron chi connectivity index (χ3n) is 3.86. The van der Waals surface area contributed by atoms with Crippen molar-refractivity contribution in [1.82, 2.24) is 0 Å². The molecule has 0 unspecified atom stereocenters. The van der Waals surface area contributed by atoms with Crippen molar-refractivity contribution in [2.24, 2.45) is 0 Å². The molecule has 0 heterocycles. The van der Waals surface area contributed by atoms with Gasteiger partial charge in [0.15, 0.2) is 0 Å². The fourth-order valence-corrected chi connectivity index (χ4v) is 3.22. The van der Waals surface area contributed by atoms with Gasteiger partial charge >= 0.3 is 99.2 Å². The van der Waals surface area contributed by atoms with Crippen molar-refractivity contribution >= 4 is 3.21 Å². The molecular weight excluding hydrogens is 462 g/mol. The van der Waals surface area contributed by atoms with Crippen LogP contribution in [0.1, 0.15) is 37.8 Å². The Morgan fingerprint density at radius 3 is 1.25 bits per heavy atom. The fourth-order valence-electron chi connectivity index (χ4n) is 2.41. The maximum absolute atomic E-state index is 3.12. The zero-order valence-corrected chi connectivity index (χ0v) is 20.2. The molecule has 28 heavy (non-hydrogen) atoms. The Morgan fingerprint density at radius 1 is 0.679 bits per heavy atom. The monoisotopic (exact) mass is 484 g/mol. The Kier molecular flexibility index (Phi) is 14.9. The van der Waals surface area contributed by atoms with Gasteiger partial charge in [0.25, 0.3) is 0 Å². The van der Waals surface area contributed by atoms with Crippen molar-refractivity contribution in [2.75, 3.05) is 0 Å². The van der Waals surface area contributed by atoms with Crippen molar-refractivity contribution in [3.63, 3.8) is 0 Å². The van der Waals surface area contributed by atoms with Gasteiger partial charge < -0.3 is 24.8 Å². The number of allylic oxidation sites excluding steroid dienone is 8. The van der Waals surface area contributed by atoms with E-state index in [1.54, 1.807) is 0 Å². The third kappa shape index (κ3) is 10.3. The van der Waals surface area contributed by atoms with E-state index in [4.69, 9.17) is 0 Å². The Labute approximate surface area is 197 Å². The average molecular weight is 487 g/mol. The zero-order valence-electron chi connectivity index (χ0n) is 16.3. The van der Waals surface area contributed by atoms with Crippen LogP contribution in [0.25, 0.3) is 0 Å². The van der Waals surface area contributed by atoms with Crippen molar-refractivity contribution in [1.29, 1.82) is 0 Å². The molecule has 0 saturated carbocycles. The van der Waals surface area contributed by atoms with Crippen LogP contribution in [0.3, 0.4) is 0 Å². The molecule has 0 aliphatic heterocycles. The molecule has 0 spiro atoms. The summed E-state index contributed by atoms with van der Waals surface area (Å²) in [5.74, 6) is 0. The quantitative estimate of drug-likeness (QED) is 0.533. The van der Waals surface area contributed by atoms with Crippen LogP contribution in [0.5, 0.6) is 0 Å². The van der Waals surface area contributed by atoms with Crippen LogP contribution >= 0.6 is 0 Å². The Hall–Kier alpha value is -1.27. The van der Waals surface area contributed by atoms with E-state index in [-0.39, 0.29) is 24.8 Å². The van der Waals surface area contributed by atoms with Gasteiger partial charge in [0, 0.05) is 0 Å². The second-order valence-corrected chi connectivity index (χ2v) is 7.27. The first-order chi connectivity index (χ1) is 12.7. The van der Waals surface area contributed by atoms with Gasteiger partial charge in [-0.3, -0.25) is 12.2 Å². The molecule has 0 aromatic heterocycles. The first-order valence-corrected chi connectivity index (χ1v) is 10.1. The molecule has 3 heteroatoms. The molecule has 144 valence electrons. The standard InChI is InChI=1S/C13H10.2C6H7.2ClH.Zr/c1-3-7-12(8-4-1)11-13-9-5-2-6-10-13;2*1-6-4-2-3-5-6;;;/h1-10H;2*2,4H,3H2,1H3;2*1H;/q;2*-1;;;+2/p-2. The molecule has 0 amide bonds. The van der Waals surface area contributed by atoms with Gasteiger partial charge in [-0.2, -0.15) is 12.2 Å². The number of halogens is 2. The molecule has 0 fully saturated rings. The van der Waals surface area contributed by atoms with Crippen LogP contribution in [0, 0.1) is 12.2 Å². The summed E-state index contributed by atoms with van der Waals surface area (Å²) in [6, 6.07) is 21.1. The average Bonchev–Trinajstić information content (AvgIpc) is 3.37. The van der Waals surface area contributed by atoms with E-state index in [0.717, 1.165) is 12.8 Å². The van der Waals surface area contributed by atoms with Gasteiger partial charge in [0.2, 0.25) is 0 Å². The maximum atomic E-state index is 3.12. The second-order valence-electron chi connectivity index (χ2n) is 6.04. The molecule has 2 aliphatic carbocycles. The molecule has 0 radical (unpaired) electrons. The molecule has 0 bridgehead atoms. The molecule has 0 saturated heterocycles. The van der Waals surface area contributed by atoms with Crippen LogP contribution in [-0.2, 0) is 24.2 Å². The van der Waals surface area contributed by atoms with Gasteiger partial charge in [-0.15, -0.1) is 12.8 Å². The number of benzene rings is 2. The fraction of sp³-hybridized carbons (Fsp3) is 0.160. The Bertz CT molecular complexity index is 741. The summed E-state index contributed by atoms with van der Waals surface area (Å²) in [6.07, 6.45) is 16.7. The molecule has 2 aliphatic rings. The van der Waals surface area contributed by atoms with E-state index >= 15 is 0 Å². The van der Waals surface area contributed by atoms with Gasteiger partial charge in [-0.25, -0.2) is 23.3 Å². The molecule has 0 atom stereocenters. The second kappa shape index (κ2) is 15.6. The van der Waals surface area contributed by atoms with Gasteiger partial charge in [-0.1, -0.05) is 13.8 Å². The van der Waals surface area contributed by atoms with Gasteiger partial charge in [0.05, 0.1) is 0 Å². The van der Waals surface area contributed by atoms with Crippen molar-refractivity contribution in [2.45, 2.75) is 26.7 Å². The van der Waals surface area contributed by atoms with Crippen molar-refractivity contribution < 1.29 is 49.0 Å². The Morgan fingerprint density at radius 2 is 1.04 bits per heavy atom. The van der Waals surface area contributed by atoms with E-state index in [9.17, 15) is 0 Å². The van der Waals surface area contributed by atoms with E-state index < -0.39 is 0 Å². The van der Waals surface area contributed by atoms with E-state index in [1.165, 1.54) is 49.7 Å². The van der Waals surface area contributed by atoms with Crippen molar-refractivity contribution in [3.05, 3.63) is 119 Å². The summed E-state index contributed by atoms with van der Waals surface area (Å²) in [5, 5.41) is 0. The summed E-state index contributed by atoms with van der Waals surface area (Å²) < 4.78 is 1.42. The van der Waals surface area contributed by atoms with Gasteiger partial charge in [-0.05, 0) is 0 Å². The molecule has 4 rings (SSSR count). The van der Waals surface area contributed by atoms with Crippen LogP contribution in [0.15, 0.2) is 96.1 Å². The molecule has 2 aromatic carbocycles. The van der Waals surface area contributed by atoms with Crippen molar-refractivity contribution in [3.8, 4) is 0 Å². The number of hydrogen-bond acceptors (Lipinski definition) is 0. The van der Waals surface area contributed by atoms with Crippen LogP contribution < -0.4 is 24.8 Å². The third-order valence-corrected chi connectivity index (χ3v) is 5.28. The summed E-state index contributed by atoms with van der Waals surface area (Å²) in [5.41, 5.74) is 5.21. The van der Waals surface area contributed by atoms with E-state index in [1.807, 2.05) is 0 Å². The summed E-state index contributed by atoms with van der Waals surface area (Å²) in [7, 11) is 0. The summed E-state index contributed by atoms with van der Waals surface area (Å²) in [4.78, 5) is 0. The van der Waals surface area contributed by atoms with E-state index in [0.29, 0.717) is 0 Å². The van der Waals surface area contributed by atoms with Gasteiger partial charge in [0.1, 0.15) is 0 Å². The molecule has 2 aromatic rings. The predicted octanol–water partition coefficient (Wildman–Crippen LogP) is 0.202. The first-order valence-electron chi connectivity index (χ1n) is 8.84. The van der Waals surface area contributed by atoms with Crippen LogP contribution in [0.4, 0.5) is 0 Å². The summed E-state index contributed by atoms with van der Waals surface area (Å²) >= 11 is 1.46. The molecular formula is C25H24Cl2Zr-2. The topological polar surface area (TPSA) is 0 Å². The molecule has 0 nitrogen and oxygen atoms in total. The minimum absolute atomic E-state index is 0. The minimum atomic E-state index is 0. The van der Waals surface area contributed by atoms with E-state index in [2.05, 4.69) is 111 Å². The predicted molar refractivity (Wildman–Crippen MR) is 108 cm³/mol. The SMILES string of the molecule is CC1=[C-]CC=C1.CC1=[C-]CC=C1.[Cl-].[Cl-].[Zr+2]=[C](c1ccccc1)c1ccccc1. The van der Waals surface area contributed by atoms with Crippen LogP contribution in [-0.4, -0.2) is 3.21 Å². The number of hydrogen-bond donors (Lipinski definition) is 0. The Balaban J connectivity index is 0.000000437. The normalized spacial score (nSPS) is 12.9. The first kappa shape index (κ1) is 26.7. The zero-order chi connectivity index (χ0) is 18.6. The molecule has 0 N–H and O–H groups in total.